The zero-order valence-corrected chi connectivity index (χ0v) is 9.06. The van der Waals surface area contributed by atoms with E-state index >= 15 is 0 Å². The van der Waals surface area contributed by atoms with Crippen molar-refractivity contribution in [3.63, 3.8) is 0 Å². The van der Waals surface area contributed by atoms with Gasteiger partial charge in [-0.3, -0.25) is 9.59 Å². The van der Waals surface area contributed by atoms with E-state index in [1.54, 1.807) is 0 Å². The highest BCUT2D eigenvalue weighted by Crippen LogP contribution is 2.35. The van der Waals surface area contributed by atoms with Gasteiger partial charge in [0, 0.05) is 0 Å². The van der Waals surface area contributed by atoms with Crippen molar-refractivity contribution in [3.8, 4) is 0 Å². The van der Waals surface area contributed by atoms with Crippen molar-refractivity contribution < 1.29 is 27.2 Å². The molecule has 2 amide bonds. The number of primary amides is 2. The van der Waals surface area contributed by atoms with E-state index < -0.39 is 46.1 Å². The van der Waals surface area contributed by atoms with E-state index in [1.165, 1.54) is 0 Å². The molecule has 0 bridgehead atoms. The van der Waals surface area contributed by atoms with Crippen molar-refractivity contribution in [2.24, 2.45) is 11.5 Å². The predicted molar refractivity (Wildman–Crippen MR) is 53.2 cm³/mol. The summed E-state index contributed by atoms with van der Waals surface area (Å²) >= 11 is 0. The number of nitrogens with two attached hydrogens (primary N) is 2. The first-order valence-electron chi connectivity index (χ1n) is 4.57. The second-order valence-electron chi connectivity index (χ2n) is 3.51. The van der Waals surface area contributed by atoms with Crippen molar-refractivity contribution in [2.45, 2.75) is 13.1 Å². The molecule has 18 heavy (non-hydrogen) atoms. The molecule has 0 saturated heterocycles. The molecule has 0 aliphatic heterocycles. The van der Waals surface area contributed by atoms with Crippen molar-refractivity contribution >= 4 is 11.8 Å². The third-order valence-corrected chi connectivity index (χ3v) is 2.33. The number of halogens is 4. The first-order valence-corrected chi connectivity index (χ1v) is 4.57. The fourth-order valence-electron chi connectivity index (χ4n) is 1.62. The molecule has 0 aliphatic rings. The summed E-state index contributed by atoms with van der Waals surface area (Å²) in [7, 11) is 0. The molecule has 98 valence electrons. The van der Waals surface area contributed by atoms with Gasteiger partial charge in [-0.1, -0.05) is 0 Å². The number of rotatable bonds is 2. The number of benzene rings is 1. The number of amides is 2. The van der Waals surface area contributed by atoms with Crippen molar-refractivity contribution in [2.75, 3.05) is 0 Å². The molecular weight excluding hydrogens is 256 g/mol. The molecule has 0 fully saturated rings. The Kier molecular flexibility index (Phi) is 3.32. The minimum Gasteiger partial charge on any atom is -0.366 e. The average Bonchev–Trinajstić information content (AvgIpc) is 2.13. The van der Waals surface area contributed by atoms with Crippen LogP contribution in [0, 0.1) is 12.7 Å². The molecule has 0 spiro atoms. The largest absolute Gasteiger partial charge is 0.417 e. The fraction of sp³-hybridized carbons (Fsp3) is 0.200. The lowest BCUT2D eigenvalue weighted by Gasteiger charge is -2.15. The van der Waals surface area contributed by atoms with Crippen molar-refractivity contribution in [3.05, 3.63) is 34.1 Å². The Hall–Kier alpha value is -2.12. The Morgan fingerprint density at radius 3 is 1.89 bits per heavy atom. The zero-order chi connectivity index (χ0) is 14.2. The van der Waals surface area contributed by atoms with Gasteiger partial charge >= 0.3 is 6.18 Å². The van der Waals surface area contributed by atoms with Crippen LogP contribution in [0.4, 0.5) is 17.6 Å². The molecule has 1 aromatic carbocycles. The minimum atomic E-state index is -4.97. The Morgan fingerprint density at radius 1 is 1.11 bits per heavy atom. The summed E-state index contributed by atoms with van der Waals surface area (Å²) in [5.41, 5.74) is 5.85. The summed E-state index contributed by atoms with van der Waals surface area (Å²) < 4.78 is 51.2. The standard InChI is InChI=1S/C10H8F4N2O2/c1-3-6(8(15)17)4(10(12,13)14)2-5(11)7(3)9(16)18/h2H,1H3,(H2,15,17)(H2,16,18). The number of carbonyl (C=O) groups excluding carboxylic acids is 2. The van der Waals surface area contributed by atoms with E-state index in [2.05, 4.69) is 0 Å². The van der Waals surface area contributed by atoms with Crippen LogP contribution in [0.15, 0.2) is 6.07 Å². The predicted octanol–water partition coefficient (Wildman–Crippen LogP) is 1.35. The topological polar surface area (TPSA) is 86.2 Å². The molecule has 0 heterocycles. The van der Waals surface area contributed by atoms with E-state index in [9.17, 15) is 27.2 Å². The molecule has 4 N–H and O–H groups in total. The van der Waals surface area contributed by atoms with Crippen LogP contribution in [0.5, 0.6) is 0 Å². The third-order valence-electron chi connectivity index (χ3n) is 2.33. The normalized spacial score (nSPS) is 11.4. The van der Waals surface area contributed by atoms with Crippen LogP contribution in [0.3, 0.4) is 0 Å². The maximum absolute atomic E-state index is 13.4. The molecule has 1 rings (SSSR count). The summed E-state index contributed by atoms with van der Waals surface area (Å²) in [6, 6.07) is 0.0349. The highest BCUT2D eigenvalue weighted by Gasteiger charge is 2.38. The Labute approximate surface area is 98.6 Å². The van der Waals surface area contributed by atoms with E-state index in [0.29, 0.717) is 0 Å². The van der Waals surface area contributed by atoms with E-state index in [1.807, 2.05) is 0 Å². The summed E-state index contributed by atoms with van der Waals surface area (Å²) in [5, 5.41) is 0. The molecular formula is C10H8F4N2O2. The molecule has 0 unspecified atom stereocenters. The third kappa shape index (κ3) is 2.27. The molecule has 8 heteroatoms. The van der Waals surface area contributed by atoms with E-state index in [-0.39, 0.29) is 6.07 Å². The first kappa shape index (κ1) is 13.9. The van der Waals surface area contributed by atoms with Crippen LogP contribution >= 0.6 is 0 Å². The number of hydrogen-bond acceptors (Lipinski definition) is 2. The number of alkyl halides is 3. The smallest absolute Gasteiger partial charge is 0.366 e. The van der Waals surface area contributed by atoms with Gasteiger partial charge < -0.3 is 11.5 Å². The molecule has 0 aliphatic carbocycles. The second-order valence-corrected chi connectivity index (χ2v) is 3.51. The van der Waals surface area contributed by atoms with Gasteiger partial charge in [-0.25, -0.2) is 4.39 Å². The lowest BCUT2D eigenvalue weighted by Crippen LogP contribution is -2.25. The van der Waals surface area contributed by atoms with Crippen molar-refractivity contribution in [1.29, 1.82) is 0 Å². The quantitative estimate of drug-likeness (QED) is 0.790. The van der Waals surface area contributed by atoms with Crippen LogP contribution < -0.4 is 11.5 Å². The summed E-state index contributed by atoms with van der Waals surface area (Å²) in [6.07, 6.45) is -4.97. The van der Waals surface area contributed by atoms with Gasteiger partial charge in [-0.2, -0.15) is 13.2 Å². The number of hydrogen-bond donors (Lipinski definition) is 2. The summed E-state index contributed by atoms with van der Waals surface area (Å²) in [4.78, 5) is 22.0. The Bertz CT molecular complexity index is 538. The highest BCUT2D eigenvalue weighted by atomic mass is 19.4. The number of carbonyl (C=O) groups is 2. The Morgan fingerprint density at radius 2 is 1.56 bits per heavy atom. The monoisotopic (exact) mass is 264 g/mol. The molecule has 4 nitrogen and oxygen atoms in total. The molecule has 0 aromatic heterocycles. The van der Waals surface area contributed by atoms with Gasteiger partial charge in [0.15, 0.2) is 0 Å². The SMILES string of the molecule is Cc1c(C(N)=O)c(F)cc(C(F)(F)F)c1C(N)=O. The maximum atomic E-state index is 13.4. The first-order chi connectivity index (χ1) is 8.07. The van der Waals surface area contributed by atoms with Crippen LogP contribution in [-0.2, 0) is 6.18 Å². The van der Waals surface area contributed by atoms with Gasteiger partial charge in [0.1, 0.15) is 5.82 Å². The van der Waals surface area contributed by atoms with Crippen LogP contribution in [0.2, 0.25) is 0 Å². The van der Waals surface area contributed by atoms with Crippen LogP contribution in [-0.4, -0.2) is 11.8 Å². The van der Waals surface area contributed by atoms with Crippen LogP contribution in [0.1, 0.15) is 31.8 Å². The maximum Gasteiger partial charge on any atom is 0.417 e. The van der Waals surface area contributed by atoms with Gasteiger partial charge in [-0.05, 0) is 18.6 Å². The lowest BCUT2D eigenvalue weighted by atomic mass is 9.95. The molecule has 0 radical (unpaired) electrons. The van der Waals surface area contributed by atoms with Crippen LogP contribution in [0.25, 0.3) is 0 Å². The average molecular weight is 264 g/mol. The summed E-state index contributed by atoms with van der Waals surface area (Å²) in [6.45, 7) is 0.971. The molecule has 0 atom stereocenters. The lowest BCUT2D eigenvalue weighted by molar-refractivity contribution is -0.138. The van der Waals surface area contributed by atoms with E-state index in [4.69, 9.17) is 11.5 Å². The zero-order valence-electron chi connectivity index (χ0n) is 9.06. The highest BCUT2D eigenvalue weighted by molar-refractivity contribution is 6.02. The van der Waals surface area contributed by atoms with E-state index in [0.717, 1.165) is 6.92 Å². The second kappa shape index (κ2) is 4.28. The minimum absolute atomic E-state index is 0.0349. The van der Waals surface area contributed by atoms with Gasteiger partial charge in [-0.15, -0.1) is 0 Å². The van der Waals surface area contributed by atoms with Gasteiger partial charge in [0.05, 0.1) is 16.7 Å². The fourth-order valence-corrected chi connectivity index (χ4v) is 1.62. The summed E-state index contributed by atoms with van der Waals surface area (Å²) in [5.74, 6) is -4.14. The molecule has 0 saturated carbocycles. The van der Waals surface area contributed by atoms with Gasteiger partial charge in [0.2, 0.25) is 5.91 Å². The molecule has 1 aromatic rings. The van der Waals surface area contributed by atoms with Gasteiger partial charge in [0.25, 0.3) is 5.91 Å². The van der Waals surface area contributed by atoms with Crippen molar-refractivity contribution in [1.82, 2.24) is 0 Å². The Balaban J connectivity index is 3.78.